The Kier molecular flexibility index (Phi) is 4.51. The maximum atomic E-state index is 11.5. The minimum Gasteiger partial charge on any atom is -0.595 e. The predicted molar refractivity (Wildman–Crippen MR) is 55.2 cm³/mol. The molecule has 0 spiro atoms. The molecule has 2 bridgehead atoms. The van der Waals surface area contributed by atoms with E-state index >= 15 is 0 Å². The molecule has 0 aromatic rings. The van der Waals surface area contributed by atoms with Gasteiger partial charge in [-0.3, -0.25) is 0 Å². The fourth-order valence-corrected chi connectivity index (χ4v) is 3.57. The Morgan fingerprint density at radius 3 is 2.29 bits per heavy atom. The largest absolute Gasteiger partial charge is 0.595 e. The molecule has 2 amide bonds. The number of aliphatic hydroxyl groups is 1. The summed E-state index contributed by atoms with van der Waals surface area (Å²) >= 11 is 0. The third-order valence-corrected chi connectivity index (χ3v) is 4.11. The van der Waals surface area contributed by atoms with Crippen LogP contribution >= 0.6 is 0 Å². The molecule has 2 aliphatic carbocycles. The van der Waals surface area contributed by atoms with Gasteiger partial charge in [-0.25, -0.2) is 0 Å². The first kappa shape index (κ1) is 15.2. The van der Waals surface area contributed by atoms with Gasteiger partial charge in [0, 0.05) is 51.7 Å². The van der Waals surface area contributed by atoms with Gasteiger partial charge in [-0.2, -0.15) is 0 Å². The second kappa shape index (κ2) is 5.04. The van der Waals surface area contributed by atoms with Gasteiger partial charge in [0.15, 0.2) is 0 Å². The standard InChI is InChI=1S/C10H13NO4.CH3.Y/c1-15-8-4-2-3(7(8)12)5-6(4)10(14)11-9(5)13;;/h3-8,12H,2H2,1H3,(H,11,13,14);1H3;/q;-1;/p-1. The zero-order chi connectivity index (χ0) is 10.7. The van der Waals surface area contributed by atoms with Crippen molar-refractivity contribution in [3.05, 3.63) is 12.7 Å². The Morgan fingerprint density at radius 2 is 1.76 bits per heavy atom. The second-order valence-electron chi connectivity index (χ2n) is 4.59. The van der Waals surface area contributed by atoms with E-state index in [1.807, 2.05) is 0 Å². The van der Waals surface area contributed by atoms with Gasteiger partial charge in [-0.15, -0.1) is 0 Å². The van der Waals surface area contributed by atoms with E-state index < -0.39 is 6.10 Å². The van der Waals surface area contributed by atoms with Crippen molar-refractivity contribution in [1.82, 2.24) is 0 Å². The molecule has 1 radical (unpaired) electrons. The Balaban J connectivity index is 0.000000722. The van der Waals surface area contributed by atoms with Crippen LogP contribution in [0.4, 0.5) is 0 Å². The van der Waals surface area contributed by atoms with Gasteiger partial charge in [0.05, 0.1) is 24.0 Å². The molecule has 1 aliphatic heterocycles. The molecule has 0 aromatic carbocycles. The molecule has 6 heteroatoms. The fraction of sp³-hybridized carbons (Fsp3) is 0.727. The monoisotopic (exact) mass is 314 g/mol. The number of hydrogen-bond donors (Lipinski definition) is 1. The molecule has 93 valence electrons. The summed E-state index contributed by atoms with van der Waals surface area (Å²) < 4.78 is 5.19. The predicted octanol–water partition coefficient (Wildman–Crippen LogP) is 0.133. The van der Waals surface area contributed by atoms with Crippen LogP contribution < -0.4 is 0 Å². The molecule has 1 heterocycles. The number of amides is 2. The molecule has 3 aliphatic rings. The number of fused-ring (bicyclic) bond motifs is 5. The zero-order valence-corrected chi connectivity index (χ0v) is 12.7. The summed E-state index contributed by atoms with van der Waals surface area (Å²) in [6, 6.07) is 0. The Hall–Kier alpha value is 0.164. The molecule has 17 heavy (non-hydrogen) atoms. The van der Waals surface area contributed by atoms with Gasteiger partial charge in [-0.05, 0) is 18.3 Å². The van der Waals surface area contributed by atoms with Crippen molar-refractivity contribution < 1.29 is 52.1 Å². The summed E-state index contributed by atoms with van der Waals surface area (Å²) in [5.41, 5.74) is 0. The number of aliphatic hydroxyl groups excluding tert-OH is 1. The van der Waals surface area contributed by atoms with Crippen LogP contribution in [0.25, 0.3) is 5.32 Å². The van der Waals surface area contributed by atoms with E-state index in [0.717, 1.165) is 0 Å². The van der Waals surface area contributed by atoms with Crippen molar-refractivity contribution in [3.63, 3.8) is 0 Å². The van der Waals surface area contributed by atoms with Crippen LogP contribution in [0.2, 0.25) is 0 Å². The van der Waals surface area contributed by atoms with Crippen LogP contribution in [-0.2, 0) is 47.0 Å². The molecule has 5 nitrogen and oxygen atoms in total. The number of methoxy groups -OCH3 is 1. The number of nitrogens with zero attached hydrogens (tertiary/aromatic N) is 1. The van der Waals surface area contributed by atoms with Crippen LogP contribution in [0.5, 0.6) is 0 Å². The molecule has 3 fully saturated rings. The minimum atomic E-state index is -0.619. The first-order valence-corrected chi connectivity index (χ1v) is 5.15. The summed E-state index contributed by atoms with van der Waals surface area (Å²) in [5.74, 6) is -1.51. The molecule has 3 rings (SSSR count). The number of ether oxygens (including phenoxy) is 1. The van der Waals surface area contributed by atoms with E-state index in [0.29, 0.717) is 6.42 Å². The van der Waals surface area contributed by atoms with Crippen molar-refractivity contribution in [2.45, 2.75) is 18.6 Å². The van der Waals surface area contributed by atoms with Crippen LogP contribution in [0.15, 0.2) is 0 Å². The summed E-state index contributed by atoms with van der Waals surface area (Å²) in [4.78, 5) is 23.0. The second-order valence-corrected chi connectivity index (χ2v) is 4.59. The van der Waals surface area contributed by atoms with E-state index in [1.165, 1.54) is 7.11 Å². The third kappa shape index (κ3) is 1.82. The van der Waals surface area contributed by atoms with Crippen LogP contribution in [0, 0.1) is 31.1 Å². The summed E-state index contributed by atoms with van der Waals surface area (Å²) in [7, 11) is 1.53. The van der Waals surface area contributed by atoms with E-state index in [2.05, 4.69) is 5.32 Å². The summed E-state index contributed by atoms with van der Waals surface area (Å²) in [5, 5.41) is 13.4. The topological polar surface area (TPSA) is 77.7 Å². The molecule has 0 aromatic heterocycles. The SMILES string of the molecule is COC1C(O)C2CC1C1C(=O)[N-]C(=O)C21.[CH3-].[Y]. The molecular weight excluding hydrogens is 299 g/mol. The molecule has 1 N–H and O–H groups in total. The molecule has 6 unspecified atom stereocenters. The summed E-state index contributed by atoms with van der Waals surface area (Å²) in [6.07, 6.45) is -0.213. The smallest absolute Gasteiger partial charge is 0.0867 e. The molecular formula is C11H15NO4Y-2. The number of rotatable bonds is 1. The first-order chi connectivity index (χ1) is 7.15. The molecule has 2 saturated carbocycles. The van der Waals surface area contributed by atoms with Gasteiger partial charge < -0.3 is 32.2 Å². The Morgan fingerprint density at radius 1 is 1.24 bits per heavy atom. The quantitative estimate of drug-likeness (QED) is 0.551. The zero-order valence-electron chi connectivity index (χ0n) is 9.87. The molecule has 6 atom stereocenters. The van der Waals surface area contributed by atoms with Crippen molar-refractivity contribution in [2.75, 3.05) is 7.11 Å². The number of carbonyl (C=O) groups excluding carboxylic acids is 2. The van der Waals surface area contributed by atoms with Crippen LogP contribution in [0.3, 0.4) is 0 Å². The summed E-state index contributed by atoms with van der Waals surface area (Å²) in [6.45, 7) is 0. The minimum absolute atomic E-state index is 0. The number of hydrogen-bond acceptors (Lipinski definition) is 4. The Labute approximate surface area is 126 Å². The number of carbonyl (C=O) groups is 2. The third-order valence-electron chi connectivity index (χ3n) is 4.11. The van der Waals surface area contributed by atoms with Crippen LogP contribution in [0.1, 0.15) is 6.42 Å². The average molecular weight is 314 g/mol. The average Bonchev–Trinajstić information content (AvgIpc) is 2.78. The maximum absolute atomic E-state index is 11.5. The normalized spacial score (nSPS) is 46.0. The number of imide groups is 1. The van der Waals surface area contributed by atoms with Crippen molar-refractivity contribution in [2.24, 2.45) is 23.7 Å². The Bertz CT molecular complexity index is 348. The van der Waals surface area contributed by atoms with Crippen molar-refractivity contribution in [3.8, 4) is 0 Å². The van der Waals surface area contributed by atoms with Gasteiger partial charge in [0.1, 0.15) is 0 Å². The maximum Gasteiger partial charge on any atom is 0.0867 e. The molecule has 1 saturated heterocycles. The van der Waals surface area contributed by atoms with E-state index in [9.17, 15) is 14.7 Å². The van der Waals surface area contributed by atoms with Gasteiger partial charge in [0.2, 0.25) is 0 Å². The van der Waals surface area contributed by atoms with Crippen LogP contribution in [-0.4, -0.2) is 36.2 Å². The van der Waals surface area contributed by atoms with Gasteiger partial charge in [0.25, 0.3) is 0 Å². The van der Waals surface area contributed by atoms with Gasteiger partial charge in [-0.1, -0.05) is 0 Å². The van der Waals surface area contributed by atoms with Gasteiger partial charge >= 0.3 is 0 Å². The first-order valence-electron chi connectivity index (χ1n) is 5.15. The van der Waals surface area contributed by atoms with E-state index in [4.69, 9.17) is 4.74 Å². The van der Waals surface area contributed by atoms with Crippen molar-refractivity contribution in [1.29, 1.82) is 0 Å². The van der Waals surface area contributed by atoms with E-state index in [-0.39, 0.29) is 81.7 Å². The van der Waals surface area contributed by atoms with E-state index in [1.54, 1.807) is 0 Å². The fourth-order valence-electron chi connectivity index (χ4n) is 3.57. The van der Waals surface area contributed by atoms with Crippen molar-refractivity contribution >= 4 is 11.8 Å².